The molecular weight excluding hydrogens is 263 g/mol. The summed E-state index contributed by atoms with van der Waals surface area (Å²) < 4.78 is 0. The van der Waals surface area contributed by atoms with Crippen LogP contribution >= 0.6 is 27.5 Å². The number of carbonyl (C=O) groups excluding carboxylic acids is 1. The van der Waals surface area contributed by atoms with E-state index in [0.29, 0.717) is 10.4 Å². The van der Waals surface area contributed by atoms with E-state index in [2.05, 4.69) is 15.9 Å². The van der Waals surface area contributed by atoms with Crippen molar-refractivity contribution in [1.82, 2.24) is 0 Å². The highest BCUT2D eigenvalue weighted by molar-refractivity contribution is 9.09. The summed E-state index contributed by atoms with van der Waals surface area (Å²) in [5.41, 5.74) is 0.475. The number of halogens is 2. The molecule has 1 nitrogen and oxygen atoms in total. The van der Waals surface area contributed by atoms with Gasteiger partial charge in [-0.25, -0.2) is 0 Å². The maximum Gasteiger partial charge on any atom is 0.153 e. The van der Waals surface area contributed by atoms with E-state index in [1.165, 1.54) is 0 Å². The van der Waals surface area contributed by atoms with Gasteiger partial charge in [0.2, 0.25) is 0 Å². The van der Waals surface area contributed by atoms with Crippen LogP contribution in [0.25, 0.3) is 0 Å². The summed E-state index contributed by atoms with van der Waals surface area (Å²) in [6.45, 7) is 3.81. The molecule has 0 unspecified atom stereocenters. The summed E-state index contributed by atoms with van der Waals surface area (Å²) in [5.74, 6) is 0.153. The summed E-state index contributed by atoms with van der Waals surface area (Å²) in [6.07, 6.45) is 0. The largest absolute Gasteiger partial charge is 0.298 e. The van der Waals surface area contributed by atoms with Gasteiger partial charge in [0.15, 0.2) is 5.78 Å². The van der Waals surface area contributed by atoms with Gasteiger partial charge in [-0.15, -0.1) is 0 Å². The SMILES string of the molecule is CC(C)(C(=O)CBr)c1cccc(Cl)c1. The van der Waals surface area contributed by atoms with Gasteiger partial charge in [0.05, 0.1) is 5.33 Å². The fourth-order valence-electron chi connectivity index (χ4n) is 1.21. The molecule has 1 aromatic carbocycles. The van der Waals surface area contributed by atoms with Crippen LogP contribution < -0.4 is 0 Å². The normalized spacial score (nSPS) is 11.4. The Hall–Kier alpha value is -0.340. The molecule has 0 heterocycles. The van der Waals surface area contributed by atoms with E-state index < -0.39 is 5.41 Å². The van der Waals surface area contributed by atoms with Gasteiger partial charge in [-0.05, 0) is 31.5 Å². The van der Waals surface area contributed by atoms with Crippen LogP contribution in [0.15, 0.2) is 24.3 Å². The Kier molecular flexibility index (Phi) is 3.73. The molecule has 0 N–H and O–H groups in total. The molecule has 0 atom stereocenters. The third-order valence-electron chi connectivity index (χ3n) is 2.36. The van der Waals surface area contributed by atoms with Gasteiger partial charge in [-0.1, -0.05) is 39.7 Å². The quantitative estimate of drug-likeness (QED) is 0.771. The highest BCUT2D eigenvalue weighted by Gasteiger charge is 2.28. The van der Waals surface area contributed by atoms with Crippen molar-refractivity contribution in [1.29, 1.82) is 0 Å². The highest BCUT2D eigenvalue weighted by atomic mass is 79.9. The fourth-order valence-corrected chi connectivity index (χ4v) is 2.10. The van der Waals surface area contributed by atoms with E-state index >= 15 is 0 Å². The van der Waals surface area contributed by atoms with Gasteiger partial charge in [0.25, 0.3) is 0 Å². The minimum absolute atomic E-state index is 0.153. The smallest absolute Gasteiger partial charge is 0.153 e. The number of hydrogen-bond donors (Lipinski definition) is 0. The molecule has 0 saturated heterocycles. The molecular formula is C11H12BrClO. The summed E-state index contributed by atoms with van der Waals surface area (Å²) in [6, 6.07) is 7.43. The Morgan fingerprint density at radius 2 is 2.14 bits per heavy atom. The predicted molar refractivity (Wildman–Crippen MR) is 63.3 cm³/mol. The molecule has 1 aromatic rings. The molecule has 0 bridgehead atoms. The second kappa shape index (κ2) is 4.45. The van der Waals surface area contributed by atoms with Crippen molar-refractivity contribution < 1.29 is 4.79 Å². The average molecular weight is 276 g/mol. The lowest BCUT2D eigenvalue weighted by atomic mass is 9.81. The van der Waals surface area contributed by atoms with Crippen LogP contribution in [0.3, 0.4) is 0 Å². The zero-order valence-corrected chi connectivity index (χ0v) is 10.5. The van der Waals surface area contributed by atoms with Crippen LogP contribution in [0.2, 0.25) is 5.02 Å². The van der Waals surface area contributed by atoms with E-state index in [0.717, 1.165) is 5.56 Å². The third kappa shape index (κ3) is 2.37. The van der Waals surface area contributed by atoms with Crippen molar-refractivity contribution in [3.05, 3.63) is 34.9 Å². The molecule has 0 fully saturated rings. The molecule has 0 spiro atoms. The predicted octanol–water partition coefficient (Wildman–Crippen LogP) is 3.58. The second-order valence-corrected chi connectivity index (χ2v) is 4.69. The minimum atomic E-state index is -0.478. The van der Waals surface area contributed by atoms with Crippen molar-refractivity contribution in [3.63, 3.8) is 0 Å². The van der Waals surface area contributed by atoms with Crippen LogP contribution in [0.5, 0.6) is 0 Å². The monoisotopic (exact) mass is 274 g/mol. The van der Waals surface area contributed by atoms with Crippen LogP contribution in [0, 0.1) is 0 Å². The lowest BCUT2D eigenvalue weighted by molar-refractivity contribution is -0.120. The van der Waals surface area contributed by atoms with Gasteiger partial charge in [-0.3, -0.25) is 4.79 Å². The molecule has 0 aliphatic heterocycles. The maximum absolute atomic E-state index is 11.7. The molecule has 0 aliphatic carbocycles. The van der Waals surface area contributed by atoms with Crippen molar-refractivity contribution in [2.45, 2.75) is 19.3 Å². The number of alkyl halides is 1. The summed E-state index contributed by atoms with van der Waals surface area (Å²) in [4.78, 5) is 11.7. The fraction of sp³-hybridized carbons (Fsp3) is 0.364. The molecule has 0 saturated carbocycles. The van der Waals surface area contributed by atoms with Crippen molar-refractivity contribution >= 4 is 33.3 Å². The first kappa shape index (κ1) is 11.7. The van der Waals surface area contributed by atoms with Crippen LogP contribution in [-0.4, -0.2) is 11.1 Å². The second-order valence-electron chi connectivity index (χ2n) is 3.69. The average Bonchev–Trinajstić information content (AvgIpc) is 2.16. The van der Waals surface area contributed by atoms with Crippen molar-refractivity contribution in [2.24, 2.45) is 0 Å². The zero-order chi connectivity index (χ0) is 10.8. The number of Topliss-reactive ketones (excluding diaryl/α,β-unsaturated/α-hetero) is 1. The number of hydrogen-bond acceptors (Lipinski definition) is 1. The van der Waals surface area contributed by atoms with Gasteiger partial charge in [0, 0.05) is 10.4 Å². The summed E-state index contributed by atoms with van der Waals surface area (Å²) in [5, 5.41) is 1.03. The maximum atomic E-state index is 11.7. The molecule has 76 valence electrons. The Morgan fingerprint density at radius 1 is 1.50 bits per heavy atom. The first-order valence-corrected chi connectivity index (χ1v) is 5.83. The number of rotatable bonds is 3. The molecule has 14 heavy (non-hydrogen) atoms. The van der Waals surface area contributed by atoms with Gasteiger partial charge in [0.1, 0.15) is 0 Å². The molecule has 0 amide bonds. The van der Waals surface area contributed by atoms with Crippen molar-refractivity contribution in [3.8, 4) is 0 Å². The van der Waals surface area contributed by atoms with Crippen LogP contribution in [0.4, 0.5) is 0 Å². The Bertz CT molecular complexity index is 347. The molecule has 0 aliphatic rings. The highest BCUT2D eigenvalue weighted by Crippen LogP contribution is 2.26. The molecule has 1 rings (SSSR count). The van der Waals surface area contributed by atoms with Crippen LogP contribution in [-0.2, 0) is 10.2 Å². The van der Waals surface area contributed by atoms with Crippen LogP contribution in [0.1, 0.15) is 19.4 Å². The van der Waals surface area contributed by atoms with Gasteiger partial charge < -0.3 is 0 Å². The Morgan fingerprint density at radius 3 is 2.64 bits per heavy atom. The minimum Gasteiger partial charge on any atom is -0.298 e. The first-order valence-electron chi connectivity index (χ1n) is 4.34. The van der Waals surface area contributed by atoms with Crippen molar-refractivity contribution in [2.75, 3.05) is 5.33 Å². The van der Waals surface area contributed by atoms with Gasteiger partial charge in [-0.2, -0.15) is 0 Å². The first-order chi connectivity index (χ1) is 6.48. The number of benzene rings is 1. The summed E-state index contributed by atoms with van der Waals surface area (Å²) in [7, 11) is 0. The molecule has 3 heteroatoms. The van der Waals surface area contributed by atoms with E-state index in [1.807, 2.05) is 32.0 Å². The lowest BCUT2D eigenvalue weighted by Crippen LogP contribution is -2.29. The molecule has 0 aromatic heterocycles. The standard InChI is InChI=1S/C11H12BrClO/c1-11(2,10(14)7-12)8-4-3-5-9(13)6-8/h3-6H,7H2,1-2H3. The summed E-state index contributed by atoms with van der Waals surface area (Å²) >= 11 is 9.06. The zero-order valence-electron chi connectivity index (χ0n) is 8.18. The van der Waals surface area contributed by atoms with E-state index in [4.69, 9.17) is 11.6 Å². The Labute approximate surface area is 97.6 Å². The van der Waals surface area contributed by atoms with E-state index in [1.54, 1.807) is 6.07 Å². The Balaban J connectivity index is 3.09. The topological polar surface area (TPSA) is 17.1 Å². The number of ketones is 1. The third-order valence-corrected chi connectivity index (χ3v) is 3.11. The number of carbonyl (C=O) groups is 1. The lowest BCUT2D eigenvalue weighted by Gasteiger charge is -2.22. The van der Waals surface area contributed by atoms with Gasteiger partial charge >= 0.3 is 0 Å². The molecule has 0 radical (unpaired) electrons. The van der Waals surface area contributed by atoms with E-state index in [9.17, 15) is 4.79 Å². The van der Waals surface area contributed by atoms with E-state index in [-0.39, 0.29) is 5.78 Å².